The van der Waals surface area contributed by atoms with E-state index in [1.165, 1.54) is 0 Å². The first-order chi connectivity index (χ1) is 14.1. The quantitative estimate of drug-likeness (QED) is 0.339. The highest BCUT2D eigenvalue weighted by molar-refractivity contribution is 9.10. The fourth-order valence-corrected chi connectivity index (χ4v) is 3.65. The van der Waals surface area contributed by atoms with Gasteiger partial charge in [0.25, 0.3) is 5.91 Å². The lowest BCUT2D eigenvalue weighted by Crippen LogP contribution is -2.12. The van der Waals surface area contributed by atoms with Gasteiger partial charge in [-0.05, 0) is 55.8 Å². The number of benzene rings is 2. The molecule has 0 spiro atoms. The number of pyridine rings is 1. The van der Waals surface area contributed by atoms with E-state index in [-0.39, 0.29) is 5.91 Å². The molecule has 4 aromatic rings. The standard InChI is InChI=1S/C23H21BrN2O3/c1-3-4-12-28-20-10-8-18(16-6-5-11-25-21(16)20)26-23(27)22-14(2)17-13-15(24)7-9-19(17)29-22/h5-11,13H,3-4,12H2,1-2H3,(H,26,27). The Morgan fingerprint density at radius 3 is 2.90 bits per heavy atom. The number of halogens is 1. The summed E-state index contributed by atoms with van der Waals surface area (Å²) in [6.07, 6.45) is 3.77. The Hall–Kier alpha value is -2.86. The van der Waals surface area contributed by atoms with Gasteiger partial charge in [-0.25, -0.2) is 0 Å². The van der Waals surface area contributed by atoms with Crippen LogP contribution in [0.2, 0.25) is 0 Å². The van der Waals surface area contributed by atoms with Crippen molar-refractivity contribution >= 4 is 49.4 Å². The molecular formula is C23H21BrN2O3. The lowest BCUT2D eigenvalue weighted by Gasteiger charge is -2.12. The number of nitrogens with zero attached hydrogens (tertiary/aromatic N) is 1. The highest BCUT2D eigenvalue weighted by Gasteiger charge is 2.19. The minimum absolute atomic E-state index is 0.292. The monoisotopic (exact) mass is 452 g/mol. The van der Waals surface area contributed by atoms with Crippen molar-refractivity contribution in [1.29, 1.82) is 0 Å². The Kier molecular flexibility index (Phi) is 5.53. The van der Waals surface area contributed by atoms with Gasteiger partial charge in [0.05, 0.1) is 12.3 Å². The predicted molar refractivity (Wildman–Crippen MR) is 119 cm³/mol. The zero-order chi connectivity index (χ0) is 20.4. The first-order valence-corrected chi connectivity index (χ1v) is 10.4. The maximum Gasteiger partial charge on any atom is 0.291 e. The van der Waals surface area contributed by atoms with Crippen LogP contribution in [0.5, 0.6) is 5.75 Å². The smallest absolute Gasteiger partial charge is 0.291 e. The van der Waals surface area contributed by atoms with E-state index in [2.05, 4.69) is 33.2 Å². The molecule has 0 unspecified atom stereocenters. The number of ether oxygens (including phenoxy) is 1. The first kappa shape index (κ1) is 19.5. The van der Waals surface area contributed by atoms with Crippen molar-refractivity contribution in [1.82, 2.24) is 4.98 Å². The average Bonchev–Trinajstić information content (AvgIpc) is 3.06. The van der Waals surface area contributed by atoms with Crippen LogP contribution in [0.3, 0.4) is 0 Å². The second-order valence-corrected chi connectivity index (χ2v) is 7.78. The van der Waals surface area contributed by atoms with Gasteiger partial charge in [-0.3, -0.25) is 9.78 Å². The molecule has 2 heterocycles. The zero-order valence-electron chi connectivity index (χ0n) is 16.3. The van der Waals surface area contributed by atoms with E-state index in [1.54, 1.807) is 6.20 Å². The molecule has 0 atom stereocenters. The first-order valence-electron chi connectivity index (χ1n) is 9.59. The molecule has 0 saturated carbocycles. The number of furan rings is 1. The number of fused-ring (bicyclic) bond motifs is 2. The molecule has 0 aliphatic carbocycles. The number of anilines is 1. The van der Waals surface area contributed by atoms with E-state index < -0.39 is 0 Å². The van der Waals surface area contributed by atoms with Gasteiger partial charge in [0.1, 0.15) is 16.8 Å². The van der Waals surface area contributed by atoms with Crippen molar-refractivity contribution in [3.8, 4) is 5.75 Å². The number of carbonyl (C=O) groups is 1. The van der Waals surface area contributed by atoms with Crippen LogP contribution in [0.15, 0.2) is 57.6 Å². The third-order valence-corrected chi connectivity index (χ3v) is 5.33. The fourth-order valence-electron chi connectivity index (χ4n) is 3.29. The largest absolute Gasteiger partial charge is 0.491 e. The van der Waals surface area contributed by atoms with Crippen LogP contribution >= 0.6 is 15.9 Å². The van der Waals surface area contributed by atoms with Crippen molar-refractivity contribution in [2.45, 2.75) is 26.7 Å². The summed E-state index contributed by atoms with van der Waals surface area (Å²) in [6, 6.07) is 13.2. The normalized spacial score (nSPS) is 11.1. The number of aromatic nitrogens is 1. The highest BCUT2D eigenvalue weighted by Crippen LogP contribution is 2.32. The average molecular weight is 453 g/mol. The Morgan fingerprint density at radius 1 is 1.21 bits per heavy atom. The van der Waals surface area contributed by atoms with Crippen molar-refractivity contribution in [3.05, 3.63) is 64.5 Å². The molecule has 0 aliphatic rings. The number of nitrogens with one attached hydrogen (secondary N) is 1. The second-order valence-electron chi connectivity index (χ2n) is 6.86. The zero-order valence-corrected chi connectivity index (χ0v) is 17.9. The molecule has 0 radical (unpaired) electrons. The summed E-state index contributed by atoms with van der Waals surface area (Å²) >= 11 is 3.46. The summed E-state index contributed by atoms with van der Waals surface area (Å²) in [7, 11) is 0. The summed E-state index contributed by atoms with van der Waals surface area (Å²) in [6.45, 7) is 4.65. The van der Waals surface area contributed by atoms with Crippen LogP contribution in [0.1, 0.15) is 35.9 Å². The molecule has 1 amide bonds. The van der Waals surface area contributed by atoms with Crippen LogP contribution in [-0.2, 0) is 0 Å². The van der Waals surface area contributed by atoms with Crippen molar-refractivity contribution in [3.63, 3.8) is 0 Å². The molecule has 0 saturated heterocycles. The molecule has 29 heavy (non-hydrogen) atoms. The van der Waals surface area contributed by atoms with Crippen LogP contribution in [0.4, 0.5) is 5.69 Å². The third-order valence-electron chi connectivity index (χ3n) is 4.84. The van der Waals surface area contributed by atoms with Crippen LogP contribution < -0.4 is 10.1 Å². The summed E-state index contributed by atoms with van der Waals surface area (Å²) in [5.74, 6) is 0.731. The van der Waals surface area contributed by atoms with Gasteiger partial charge in [-0.2, -0.15) is 0 Å². The summed E-state index contributed by atoms with van der Waals surface area (Å²) in [5.41, 5.74) is 2.89. The van der Waals surface area contributed by atoms with Gasteiger partial charge in [0.15, 0.2) is 5.76 Å². The predicted octanol–water partition coefficient (Wildman–Crippen LogP) is 6.48. The van der Waals surface area contributed by atoms with E-state index >= 15 is 0 Å². The molecule has 4 rings (SSSR count). The fraction of sp³-hybridized carbons (Fsp3) is 0.217. The Labute approximate surface area is 177 Å². The minimum atomic E-state index is -0.292. The third kappa shape index (κ3) is 3.85. The van der Waals surface area contributed by atoms with Crippen LogP contribution in [0.25, 0.3) is 21.9 Å². The van der Waals surface area contributed by atoms with Crippen molar-refractivity contribution in [2.75, 3.05) is 11.9 Å². The molecule has 0 fully saturated rings. The number of amides is 1. The number of unbranched alkanes of at least 4 members (excludes halogenated alkanes) is 1. The van der Waals surface area contributed by atoms with Crippen molar-refractivity contribution in [2.24, 2.45) is 0 Å². The van der Waals surface area contributed by atoms with E-state index in [9.17, 15) is 4.79 Å². The molecule has 0 aliphatic heterocycles. The minimum Gasteiger partial charge on any atom is -0.491 e. The van der Waals surface area contributed by atoms with Crippen LogP contribution in [-0.4, -0.2) is 17.5 Å². The maximum atomic E-state index is 13.0. The number of hydrogen-bond acceptors (Lipinski definition) is 4. The Morgan fingerprint density at radius 2 is 2.07 bits per heavy atom. The van der Waals surface area contributed by atoms with E-state index in [0.717, 1.165) is 44.9 Å². The highest BCUT2D eigenvalue weighted by atomic mass is 79.9. The number of hydrogen-bond donors (Lipinski definition) is 1. The van der Waals surface area contributed by atoms with Crippen LogP contribution in [0, 0.1) is 6.92 Å². The maximum absolute atomic E-state index is 13.0. The summed E-state index contributed by atoms with van der Waals surface area (Å²) in [5, 5.41) is 4.71. The van der Waals surface area contributed by atoms with Gasteiger partial charge in [0.2, 0.25) is 0 Å². The molecule has 6 heteroatoms. The lowest BCUT2D eigenvalue weighted by molar-refractivity contribution is 0.0998. The second kappa shape index (κ2) is 8.25. The molecule has 148 valence electrons. The number of carbonyl (C=O) groups excluding carboxylic acids is 1. The van der Waals surface area contributed by atoms with Gasteiger partial charge in [0, 0.05) is 27.0 Å². The number of rotatable bonds is 6. The molecule has 5 nitrogen and oxygen atoms in total. The van der Waals surface area contributed by atoms with Gasteiger partial charge in [-0.15, -0.1) is 0 Å². The van der Waals surface area contributed by atoms with Gasteiger partial charge >= 0.3 is 0 Å². The SMILES string of the molecule is CCCCOc1ccc(NC(=O)c2oc3ccc(Br)cc3c2C)c2cccnc12. The Balaban J connectivity index is 1.67. The van der Waals surface area contributed by atoms with Crippen molar-refractivity contribution < 1.29 is 13.9 Å². The molecule has 0 bridgehead atoms. The molecule has 2 aromatic carbocycles. The van der Waals surface area contributed by atoms with E-state index in [4.69, 9.17) is 9.15 Å². The molecule has 2 aromatic heterocycles. The topological polar surface area (TPSA) is 64.4 Å². The van der Waals surface area contributed by atoms with Gasteiger partial charge in [-0.1, -0.05) is 29.3 Å². The molecule has 1 N–H and O–H groups in total. The molecular weight excluding hydrogens is 432 g/mol. The van der Waals surface area contributed by atoms with E-state index in [0.29, 0.717) is 23.6 Å². The van der Waals surface area contributed by atoms with E-state index in [1.807, 2.05) is 49.4 Å². The Bertz CT molecular complexity index is 1200. The lowest BCUT2D eigenvalue weighted by atomic mass is 10.1. The number of aryl methyl sites for hydroxylation is 1. The summed E-state index contributed by atoms with van der Waals surface area (Å²) < 4.78 is 12.6. The van der Waals surface area contributed by atoms with Gasteiger partial charge < -0.3 is 14.5 Å². The summed E-state index contributed by atoms with van der Waals surface area (Å²) in [4.78, 5) is 17.4.